The van der Waals surface area contributed by atoms with Crippen LogP contribution < -0.4 is 4.74 Å². The van der Waals surface area contributed by atoms with Crippen LogP contribution in [-0.2, 0) is 26.1 Å². The average Bonchev–Trinajstić information content (AvgIpc) is 2.85. The summed E-state index contributed by atoms with van der Waals surface area (Å²) in [4.78, 5) is 26.5. The first-order valence-electron chi connectivity index (χ1n) is 10.8. The number of rotatable bonds is 11. The number of aryl methyl sites for hydroxylation is 1. The highest BCUT2D eigenvalue weighted by Crippen LogP contribution is 2.31. The fraction of sp³-hybridized carbons (Fsp3) is 0.423. The van der Waals surface area contributed by atoms with Crippen LogP contribution in [0.3, 0.4) is 0 Å². The lowest BCUT2D eigenvalue weighted by Gasteiger charge is -2.26. The third kappa shape index (κ3) is 6.33. The molecule has 1 unspecified atom stereocenters. The van der Waals surface area contributed by atoms with Gasteiger partial charge < -0.3 is 19.1 Å². The van der Waals surface area contributed by atoms with Crippen molar-refractivity contribution in [1.29, 1.82) is 5.26 Å². The predicted molar refractivity (Wildman–Crippen MR) is 125 cm³/mol. The van der Waals surface area contributed by atoms with Gasteiger partial charge in [0.2, 0.25) is 0 Å². The van der Waals surface area contributed by atoms with Crippen LogP contribution in [0.5, 0.6) is 5.75 Å². The predicted octanol–water partition coefficient (Wildman–Crippen LogP) is 3.68. The highest BCUT2D eigenvalue weighted by molar-refractivity contribution is 5.90. The van der Waals surface area contributed by atoms with Crippen molar-refractivity contribution in [3.63, 3.8) is 0 Å². The Morgan fingerprint density at radius 3 is 2.30 bits per heavy atom. The highest BCUT2D eigenvalue weighted by Gasteiger charge is 2.41. The van der Waals surface area contributed by atoms with Crippen LogP contribution in [0.1, 0.15) is 39.9 Å². The van der Waals surface area contributed by atoms with Crippen molar-refractivity contribution >= 4 is 11.9 Å². The molecule has 0 aromatic heterocycles. The third-order valence-electron chi connectivity index (χ3n) is 5.87. The zero-order valence-corrected chi connectivity index (χ0v) is 20.0. The van der Waals surface area contributed by atoms with E-state index < -0.39 is 17.4 Å². The van der Waals surface area contributed by atoms with Crippen LogP contribution in [0.15, 0.2) is 42.5 Å². The zero-order chi connectivity index (χ0) is 24.4. The summed E-state index contributed by atoms with van der Waals surface area (Å²) in [5.41, 5.74) is 1.71. The van der Waals surface area contributed by atoms with Crippen LogP contribution in [0.25, 0.3) is 0 Å². The largest absolute Gasteiger partial charge is 0.496 e. The molecule has 176 valence electrons. The van der Waals surface area contributed by atoms with Crippen molar-refractivity contribution in [3.8, 4) is 11.8 Å². The lowest BCUT2D eigenvalue weighted by atomic mass is 9.77. The number of benzene rings is 2. The van der Waals surface area contributed by atoms with E-state index in [2.05, 4.69) is 29.2 Å². The minimum atomic E-state index is -1.44. The maximum Gasteiger partial charge on any atom is 0.337 e. The van der Waals surface area contributed by atoms with E-state index >= 15 is 0 Å². The Kier molecular flexibility index (Phi) is 9.43. The average molecular weight is 453 g/mol. The number of methoxy groups -OCH3 is 3. The molecule has 2 rings (SSSR count). The second-order valence-corrected chi connectivity index (χ2v) is 8.04. The molecule has 0 aliphatic rings. The number of carbonyl (C=O) groups excluding carboxylic acids is 2. The molecule has 2 aromatic carbocycles. The lowest BCUT2D eigenvalue weighted by Crippen LogP contribution is -2.36. The van der Waals surface area contributed by atoms with Gasteiger partial charge in [0.1, 0.15) is 5.75 Å². The topological polar surface area (TPSA) is 88.9 Å². The van der Waals surface area contributed by atoms with Crippen LogP contribution in [0, 0.1) is 18.3 Å². The number of esters is 2. The molecule has 0 N–H and O–H groups in total. The number of likely N-dealkylation sites (N-methyl/N-ethyl adjacent to an activating group) is 1. The molecule has 0 heterocycles. The summed E-state index contributed by atoms with van der Waals surface area (Å²) in [6.07, 6.45) is 1.79. The molecular weight excluding hydrogens is 420 g/mol. The summed E-state index contributed by atoms with van der Waals surface area (Å²) < 4.78 is 15.1. The molecule has 0 radical (unpaired) electrons. The van der Waals surface area contributed by atoms with Gasteiger partial charge in [-0.15, -0.1) is 0 Å². The molecule has 0 amide bonds. The Hall–Kier alpha value is -3.37. The Bertz CT molecular complexity index is 997. The Morgan fingerprint density at radius 2 is 1.73 bits per heavy atom. The lowest BCUT2D eigenvalue weighted by molar-refractivity contribution is -0.145. The van der Waals surface area contributed by atoms with Crippen molar-refractivity contribution in [2.45, 2.75) is 31.6 Å². The van der Waals surface area contributed by atoms with Gasteiger partial charge in [0.25, 0.3) is 0 Å². The fourth-order valence-electron chi connectivity index (χ4n) is 3.78. The zero-order valence-electron chi connectivity index (χ0n) is 20.0. The van der Waals surface area contributed by atoms with Crippen LogP contribution >= 0.6 is 0 Å². The van der Waals surface area contributed by atoms with Gasteiger partial charge in [0, 0.05) is 6.54 Å². The van der Waals surface area contributed by atoms with E-state index in [0.29, 0.717) is 30.5 Å². The highest BCUT2D eigenvalue weighted by atomic mass is 16.5. The van der Waals surface area contributed by atoms with Crippen molar-refractivity contribution in [1.82, 2.24) is 4.90 Å². The molecule has 0 saturated carbocycles. The van der Waals surface area contributed by atoms with Gasteiger partial charge in [-0.3, -0.25) is 0 Å². The van der Waals surface area contributed by atoms with E-state index in [0.717, 1.165) is 24.3 Å². The minimum Gasteiger partial charge on any atom is -0.496 e. The van der Waals surface area contributed by atoms with E-state index in [9.17, 15) is 14.9 Å². The van der Waals surface area contributed by atoms with E-state index in [1.807, 2.05) is 14.0 Å². The summed E-state index contributed by atoms with van der Waals surface area (Å²) in [5.74, 6) is -0.203. The van der Waals surface area contributed by atoms with Crippen LogP contribution in [-0.4, -0.2) is 58.3 Å². The van der Waals surface area contributed by atoms with Gasteiger partial charge in [-0.25, -0.2) is 9.59 Å². The number of nitriles is 1. The van der Waals surface area contributed by atoms with Gasteiger partial charge in [-0.05, 0) is 74.7 Å². The molecule has 0 aliphatic heterocycles. The quantitative estimate of drug-likeness (QED) is 0.481. The second kappa shape index (κ2) is 12.0. The molecule has 7 heteroatoms. The first-order valence-corrected chi connectivity index (χ1v) is 10.8. The summed E-state index contributed by atoms with van der Waals surface area (Å²) in [5, 5.41) is 9.98. The second-order valence-electron chi connectivity index (χ2n) is 8.04. The number of carbonyl (C=O) groups is 2. The number of hydrogen-bond donors (Lipinski definition) is 0. The SMILES string of the molecule is COC(=O)c1ccc(C(C#N)(CCCN(C)CCc2ccc(C)c(OC)c2)C(=O)OC)cc1. The third-order valence-corrected chi connectivity index (χ3v) is 5.87. The van der Waals surface area contributed by atoms with Crippen molar-refractivity contribution in [3.05, 3.63) is 64.7 Å². The Labute approximate surface area is 195 Å². The normalized spacial score (nSPS) is 12.5. The van der Waals surface area contributed by atoms with Gasteiger partial charge in [0.15, 0.2) is 5.41 Å². The van der Waals surface area contributed by atoms with Crippen LogP contribution in [0.2, 0.25) is 0 Å². The van der Waals surface area contributed by atoms with Crippen molar-refractivity contribution in [2.75, 3.05) is 41.5 Å². The van der Waals surface area contributed by atoms with Gasteiger partial charge in [-0.1, -0.05) is 24.3 Å². The number of nitrogens with zero attached hydrogens (tertiary/aromatic N) is 2. The number of hydrogen-bond acceptors (Lipinski definition) is 7. The molecular formula is C26H32N2O5. The van der Waals surface area contributed by atoms with Gasteiger partial charge in [-0.2, -0.15) is 5.26 Å². The molecule has 0 bridgehead atoms. The van der Waals surface area contributed by atoms with Gasteiger partial charge in [0.05, 0.1) is 33.0 Å². The monoisotopic (exact) mass is 452 g/mol. The minimum absolute atomic E-state index is 0.302. The van der Waals surface area contributed by atoms with E-state index in [1.54, 1.807) is 31.4 Å². The van der Waals surface area contributed by atoms with E-state index in [1.165, 1.54) is 19.8 Å². The standard InChI is InChI=1S/C26H32N2O5/c1-19-7-8-20(17-23(19)31-3)13-16-28(2)15-6-14-26(18-27,25(30)33-5)22-11-9-21(10-12-22)24(29)32-4/h7-12,17H,6,13-16H2,1-5H3. The summed E-state index contributed by atoms with van der Waals surface area (Å²) in [6, 6.07) is 14.7. The molecule has 0 saturated heterocycles. The molecule has 1 atom stereocenters. The fourth-order valence-corrected chi connectivity index (χ4v) is 3.78. The van der Waals surface area contributed by atoms with Crippen LogP contribution in [0.4, 0.5) is 0 Å². The van der Waals surface area contributed by atoms with Gasteiger partial charge >= 0.3 is 11.9 Å². The molecule has 33 heavy (non-hydrogen) atoms. The van der Waals surface area contributed by atoms with Crippen molar-refractivity contribution < 1.29 is 23.8 Å². The molecule has 0 spiro atoms. The van der Waals surface area contributed by atoms with E-state index in [4.69, 9.17) is 14.2 Å². The number of ether oxygens (including phenoxy) is 3. The molecule has 2 aromatic rings. The summed E-state index contributed by atoms with van der Waals surface area (Å²) in [7, 11) is 6.27. The summed E-state index contributed by atoms with van der Waals surface area (Å²) >= 11 is 0. The first-order chi connectivity index (χ1) is 15.8. The first kappa shape index (κ1) is 25.9. The Morgan fingerprint density at radius 1 is 1.03 bits per heavy atom. The maximum atomic E-state index is 12.7. The van der Waals surface area contributed by atoms with Crippen molar-refractivity contribution in [2.24, 2.45) is 0 Å². The Balaban J connectivity index is 2.04. The molecule has 7 nitrogen and oxygen atoms in total. The smallest absolute Gasteiger partial charge is 0.337 e. The van der Waals surface area contributed by atoms with E-state index in [-0.39, 0.29) is 0 Å². The molecule has 0 aliphatic carbocycles. The molecule has 0 fully saturated rings. The summed E-state index contributed by atoms with van der Waals surface area (Å²) in [6.45, 7) is 3.56. The maximum absolute atomic E-state index is 12.7.